The van der Waals surface area contributed by atoms with Crippen molar-refractivity contribution in [1.82, 2.24) is 9.99 Å². The highest BCUT2D eigenvalue weighted by molar-refractivity contribution is 7.80. The van der Waals surface area contributed by atoms with Crippen LogP contribution < -0.4 is 10.3 Å². The molecule has 0 unspecified atom stereocenters. The Morgan fingerprint density at radius 1 is 1.11 bits per heavy atom. The average Bonchev–Trinajstić information content (AvgIpc) is 3.51. The molecule has 0 spiro atoms. The van der Waals surface area contributed by atoms with Crippen molar-refractivity contribution in [2.75, 3.05) is 19.1 Å². The van der Waals surface area contributed by atoms with Crippen LogP contribution in [0.5, 0.6) is 5.88 Å². The van der Waals surface area contributed by atoms with Crippen LogP contribution in [0.3, 0.4) is 0 Å². The number of nitrogens with one attached hydrogen (secondary N) is 1. The summed E-state index contributed by atoms with van der Waals surface area (Å²) in [6.45, 7) is 1.73. The molecule has 3 aromatic carbocycles. The molecule has 1 aliphatic rings. The maximum atomic E-state index is 14.3. The zero-order valence-corrected chi connectivity index (χ0v) is 22.1. The van der Waals surface area contributed by atoms with E-state index in [0.717, 1.165) is 30.6 Å². The third-order valence-corrected chi connectivity index (χ3v) is 7.27. The fourth-order valence-electron chi connectivity index (χ4n) is 4.88. The number of carbonyl (C=O) groups is 1. The minimum atomic E-state index is -0.421. The zero-order valence-electron chi connectivity index (χ0n) is 21.3. The summed E-state index contributed by atoms with van der Waals surface area (Å²) in [6, 6.07) is 17.4. The first-order valence-corrected chi connectivity index (χ1v) is 12.6. The molecule has 0 amide bonds. The predicted molar refractivity (Wildman–Crippen MR) is 151 cm³/mol. The van der Waals surface area contributed by atoms with Gasteiger partial charge in [-0.1, -0.05) is 6.07 Å². The van der Waals surface area contributed by atoms with Crippen LogP contribution >= 0.6 is 12.2 Å². The highest BCUT2D eigenvalue weighted by Crippen LogP contribution is 2.36. The Morgan fingerprint density at radius 3 is 2.58 bits per heavy atom. The third-order valence-electron chi connectivity index (χ3n) is 6.91. The zero-order chi connectivity index (χ0) is 27.0. The first-order valence-electron chi connectivity index (χ1n) is 12.2. The molecular formula is C29H27FN4O3S. The van der Waals surface area contributed by atoms with Crippen LogP contribution in [0.4, 0.5) is 10.1 Å². The summed E-state index contributed by atoms with van der Waals surface area (Å²) in [7, 11) is 3.09. The molecule has 0 atom stereocenters. The van der Waals surface area contributed by atoms with E-state index < -0.39 is 11.8 Å². The second kappa shape index (κ2) is 10.3. The van der Waals surface area contributed by atoms with Crippen molar-refractivity contribution in [3.63, 3.8) is 0 Å². The van der Waals surface area contributed by atoms with Crippen LogP contribution in [0.1, 0.15) is 40.4 Å². The molecule has 2 N–H and O–H groups in total. The predicted octanol–water partition coefficient (Wildman–Crippen LogP) is 5.49. The molecule has 0 fully saturated rings. The molecule has 0 radical (unpaired) electrons. The fourth-order valence-corrected chi connectivity index (χ4v) is 5.04. The smallest absolute Gasteiger partial charge is 0.337 e. The van der Waals surface area contributed by atoms with Crippen LogP contribution in [0.2, 0.25) is 0 Å². The van der Waals surface area contributed by atoms with Crippen molar-refractivity contribution >= 4 is 45.6 Å². The van der Waals surface area contributed by atoms with Gasteiger partial charge < -0.3 is 14.7 Å². The van der Waals surface area contributed by atoms with E-state index >= 15 is 0 Å². The highest BCUT2D eigenvalue weighted by Gasteiger charge is 2.22. The molecule has 4 aromatic rings. The lowest BCUT2D eigenvalue weighted by atomic mass is 10.1. The van der Waals surface area contributed by atoms with E-state index in [4.69, 9.17) is 17.0 Å². The number of carbonyl (C=O) groups excluding carboxylic acids is 1. The van der Waals surface area contributed by atoms with Gasteiger partial charge in [-0.15, -0.1) is 0 Å². The standard InChI is InChI=1S/C29H27FN4O3S/c1-17(31-32-29(38)33(2)22-11-8-19(9-12-22)28(36)37-3)26-24-16-21(30)10-14-25(24)34(27(26)35)23-13-7-18-5-4-6-20(18)15-23/h7-16,35H,4-6H2,1-3H3,(H,32,38). The van der Waals surface area contributed by atoms with Crippen LogP contribution in [0, 0.1) is 5.82 Å². The van der Waals surface area contributed by atoms with Gasteiger partial charge in [0.1, 0.15) is 5.82 Å². The number of benzene rings is 3. The number of halogens is 1. The van der Waals surface area contributed by atoms with Crippen LogP contribution in [0.25, 0.3) is 16.6 Å². The fraction of sp³-hybridized carbons (Fsp3) is 0.207. The van der Waals surface area contributed by atoms with Gasteiger partial charge in [0, 0.05) is 23.8 Å². The molecule has 0 saturated carbocycles. The van der Waals surface area contributed by atoms with Gasteiger partial charge in [-0.05, 0) is 104 Å². The Bertz CT molecular complexity index is 1590. The monoisotopic (exact) mass is 530 g/mol. The Morgan fingerprint density at radius 2 is 1.84 bits per heavy atom. The number of hydrogen-bond acceptors (Lipinski definition) is 5. The van der Waals surface area contributed by atoms with Gasteiger partial charge in [0.25, 0.3) is 0 Å². The molecular weight excluding hydrogens is 503 g/mol. The lowest BCUT2D eigenvalue weighted by Crippen LogP contribution is -2.34. The number of hydrogen-bond donors (Lipinski definition) is 2. The molecule has 194 valence electrons. The second-order valence-corrected chi connectivity index (χ2v) is 9.60. The summed E-state index contributed by atoms with van der Waals surface area (Å²) >= 11 is 5.50. The van der Waals surface area contributed by atoms with Gasteiger partial charge in [0.2, 0.25) is 5.88 Å². The maximum Gasteiger partial charge on any atom is 0.337 e. The minimum absolute atomic E-state index is 0.0238. The molecule has 0 saturated heterocycles. The lowest BCUT2D eigenvalue weighted by Gasteiger charge is -2.19. The van der Waals surface area contributed by atoms with Crippen LogP contribution in [-0.2, 0) is 17.6 Å². The summed E-state index contributed by atoms with van der Waals surface area (Å²) in [5.41, 5.74) is 8.98. The molecule has 1 heterocycles. The first kappa shape index (κ1) is 25.4. The Balaban J connectivity index is 1.45. The van der Waals surface area contributed by atoms with E-state index in [2.05, 4.69) is 22.7 Å². The highest BCUT2D eigenvalue weighted by atomic mass is 32.1. The van der Waals surface area contributed by atoms with Gasteiger partial charge >= 0.3 is 5.97 Å². The van der Waals surface area contributed by atoms with Crippen molar-refractivity contribution in [2.24, 2.45) is 5.10 Å². The van der Waals surface area contributed by atoms with E-state index in [1.165, 1.54) is 30.4 Å². The van der Waals surface area contributed by atoms with E-state index in [-0.39, 0.29) is 5.88 Å². The molecule has 0 bridgehead atoms. The number of nitrogens with zero attached hydrogens (tertiary/aromatic N) is 3. The topological polar surface area (TPSA) is 79.1 Å². The van der Waals surface area contributed by atoms with Crippen molar-refractivity contribution in [1.29, 1.82) is 0 Å². The number of methoxy groups -OCH3 is 1. The minimum Gasteiger partial charge on any atom is -0.494 e. The number of esters is 1. The van der Waals surface area contributed by atoms with Gasteiger partial charge in [-0.25, -0.2) is 9.18 Å². The molecule has 0 aliphatic heterocycles. The molecule has 38 heavy (non-hydrogen) atoms. The van der Waals surface area contributed by atoms with Gasteiger partial charge in [0.05, 0.1) is 29.5 Å². The number of thiocarbonyl (C=S) groups is 1. The summed E-state index contributed by atoms with van der Waals surface area (Å²) in [4.78, 5) is 13.4. The lowest BCUT2D eigenvalue weighted by molar-refractivity contribution is 0.0600. The number of anilines is 1. The largest absolute Gasteiger partial charge is 0.494 e. The van der Waals surface area contributed by atoms with Gasteiger partial charge in [-0.3, -0.25) is 9.99 Å². The number of aryl methyl sites for hydroxylation is 2. The number of rotatable bonds is 5. The SMILES string of the molecule is COC(=O)c1ccc(N(C)C(=S)NN=C(C)c2c(O)n(-c3ccc4c(c3)CCC4)c3ccc(F)cc23)cc1. The van der Waals surface area contributed by atoms with Crippen molar-refractivity contribution in [3.8, 4) is 11.6 Å². The number of fused-ring (bicyclic) bond motifs is 2. The average molecular weight is 531 g/mol. The maximum absolute atomic E-state index is 14.3. The van der Waals surface area contributed by atoms with E-state index in [9.17, 15) is 14.3 Å². The van der Waals surface area contributed by atoms with E-state index in [0.29, 0.717) is 32.9 Å². The number of aromatic nitrogens is 1. The number of hydrazone groups is 1. The third kappa shape index (κ3) is 4.61. The first-order chi connectivity index (χ1) is 18.3. The molecule has 9 heteroatoms. The van der Waals surface area contributed by atoms with Crippen molar-refractivity contribution in [2.45, 2.75) is 26.2 Å². The second-order valence-electron chi connectivity index (χ2n) is 9.21. The Kier molecular flexibility index (Phi) is 6.86. The molecule has 1 aromatic heterocycles. The van der Waals surface area contributed by atoms with E-state index in [1.54, 1.807) is 53.8 Å². The molecule has 7 nitrogen and oxygen atoms in total. The normalized spacial score (nSPS) is 12.9. The quantitative estimate of drug-likeness (QED) is 0.154. The molecule has 5 rings (SSSR count). The Hall–Kier alpha value is -4.24. The van der Waals surface area contributed by atoms with Crippen molar-refractivity contribution in [3.05, 3.63) is 88.7 Å². The van der Waals surface area contributed by atoms with Crippen LogP contribution in [0.15, 0.2) is 65.8 Å². The number of aromatic hydroxyl groups is 1. The summed E-state index contributed by atoms with van der Waals surface area (Å²) in [6.07, 6.45) is 3.19. The van der Waals surface area contributed by atoms with Crippen molar-refractivity contribution < 1.29 is 19.0 Å². The van der Waals surface area contributed by atoms with Gasteiger partial charge in [-0.2, -0.15) is 5.10 Å². The van der Waals surface area contributed by atoms with Gasteiger partial charge in [0.15, 0.2) is 5.11 Å². The summed E-state index contributed by atoms with van der Waals surface area (Å²) in [5, 5.41) is 16.6. The number of ether oxygens (including phenoxy) is 1. The summed E-state index contributed by atoms with van der Waals surface area (Å²) < 4.78 is 20.8. The molecule has 1 aliphatic carbocycles. The van der Waals surface area contributed by atoms with E-state index in [1.807, 2.05) is 6.07 Å². The van der Waals surface area contributed by atoms with Crippen LogP contribution in [-0.4, -0.2) is 40.6 Å². The summed E-state index contributed by atoms with van der Waals surface area (Å²) in [5.74, 6) is -0.851. The Labute approximate surface area is 225 Å².